The van der Waals surface area contributed by atoms with Crippen LogP contribution in [0, 0.1) is 29.6 Å². The molecule has 0 radical (unpaired) electrons. The normalized spacial score (nSPS) is 48.2. The maximum absolute atomic E-state index is 11.0. The molecule has 12 nitrogen and oxygen atoms in total. The smallest absolute Gasteiger partial charge is 0.109 e. The molecule has 0 aliphatic carbocycles. The van der Waals surface area contributed by atoms with Crippen LogP contribution in [0.5, 0.6) is 0 Å². The Bertz CT molecular complexity index is 693. The fraction of sp³-hybridized carbons (Fsp3) is 1.00. The predicted molar refractivity (Wildman–Crippen MR) is 133 cm³/mol. The summed E-state index contributed by atoms with van der Waals surface area (Å²) in [7, 11) is 0. The van der Waals surface area contributed by atoms with Crippen molar-refractivity contribution in [1.29, 1.82) is 0 Å². The number of hydrogen-bond donors (Lipinski definition) is 7. The highest BCUT2D eigenvalue weighted by Gasteiger charge is 2.45. The van der Waals surface area contributed by atoms with E-state index in [-0.39, 0.29) is 57.6 Å². The molecular weight excluding hydrogens is 504 g/mol. The second kappa shape index (κ2) is 14.4. The Morgan fingerprint density at radius 1 is 0.474 bits per heavy atom. The van der Waals surface area contributed by atoms with Gasteiger partial charge in [0.15, 0.2) is 0 Å². The molecule has 0 aromatic rings. The van der Waals surface area contributed by atoms with Gasteiger partial charge in [0.2, 0.25) is 0 Å². The van der Waals surface area contributed by atoms with Crippen LogP contribution in [0.4, 0.5) is 0 Å². The van der Waals surface area contributed by atoms with Crippen molar-refractivity contribution in [3.63, 3.8) is 0 Å². The molecule has 12 heteroatoms. The number of aliphatic hydroxyl groups is 7. The summed E-state index contributed by atoms with van der Waals surface area (Å²) in [5.74, 6) is -1.81. The Labute approximate surface area is 224 Å². The topological polar surface area (TPSA) is 188 Å². The van der Waals surface area contributed by atoms with E-state index in [1.165, 1.54) is 0 Å². The van der Waals surface area contributed by atoms with Crippen LogP contribution >= 0.6 is 0 Å². The van der Waals surface area contributed by atoms with Crippen LogP contribution in [0.3, 0.4) is 0 Å². The summed E-state index contributed by atoms with van der Waals surface area (Å²) >= 11 is 0. The van der Waals surface area contributed by atoms with Gasteiger partial charge < -0.3 is 59.4 Å². The molecule has 3 fully saturated rings. The third kappa shape index (κ3) is 7.04. The van der Waals surface area contributed by atoms with E-state index in [2.05, 4.69) is 0 Å². The molecule has 0 aromatic heterocycles. The second-order valence-corrected chi connectivity index (χ2v) is 11.3. The summed E-state index contributed by atoms with van der Waals surface area (Å²) in [6.45, 7) is 6.73. The van der Waals surface area contributed by atoms with E-state index in [9.17, 15) is 35.7 Å². The first-order chi connectivity index (χ1) is 18.0. The summed E-state index contributed by atoms with van der Waals surface area (Å²) in [4.78, 5) is 0. The lowest BCUT2D eigenvalue weighted by molar-refractivity contribution is -0.229. The molecule has 0 aromatic carbocycles. The first-order valence-electron chi connectivity index (χ1n) is 13.7. The minimum Gasteiger partial charge on any atom is -0.394 e. The number of ether oxygens (including phenoxy) is 5. The van der Waals surface area contributed by atoms with Gasteiger partial charge >= 0.3 is 0 Å². The Kier molecular flexibility index (Phi) is 12.2. The zero-order valence-electron chi connectivity index (χ0n) is 22.8. The lowest BCUT2D eigenvalue weighted by atomic mass is 9.82. The van der Waals surface area contributed by atoms with E-state index < -0.39 is 79.3 Å². The van der Waals surface area contributed by atoms with Gasteiger partial charge in [0.05, 0.1) is 95.1 Å². The fourth-order valence-electron chi connectivity index (χ4n) is 5.79. The van der Waals surface area contributed by atoms with Crippen LogP contribution in [0.25, 0.3) is 0 Å². The fourth-order valence-corrected chi connectivity index (χ4v) is 5.79. The lowest BCUT2D eigenvalue weighted by Crippen LogP contribution is -2.56. The summed E-state index contributed by atoms with van der Waals surface area (Å²) in [5.41, 5.74) is 0. The first kappa shape index (κ1) is 32.0. The van der Waals surface area contributed by atoms with Crippen molar-refractivity contribution in [2.75, 3.05) is 46.2 Å². The van der Waals surface area contributed by atoms with Gasteiger partial charge in [-0.15, -0.1) is 0 Å². The third-order valence-corrected chi connectivity index (χ3v) is 8.91. The lowest BCUT2D eigenvalue weighted by Gasteiger charge is -2.45. The Hall–Kier alpha value is -0.480. The maximum atomic E-state index is 11.0. The molecule has 3 aliphatic rings. The van der Waals surface area contributed by atoms with Crippen molar-refractivity contribution < 1.29 is 59.4 Å². The van der Waals surface area contributed by atoms with Gasteiger partial charge in [-0.2, -0.15) is 0 Å². The van der Waals surface area contributed by atoms with Gasteiger partial charge in [0.25, 0.3) is 0 Å². The molecule has 0 bridgehead atoms. The van der Waals surface area contributed by atoms with Crippen molar-refractivity contribution >= 4 is 0 Å². The summed E-state index contributed by atoms with van der Waals surface area (Å²) < 4.78 is 29.3. The predicted octanol–water partition coefficient (Wildman–Crippen LogP) is -2.10. The van der Waals surface area contributed by atoms with Crippen LogP contribution in [0.2, 0.25) is 0 Å². The highest BCUT2D eigenvalue weighted by Crippen LogP contribution is 2.33. The van der Waals surface area contributed by atoms with Crippen LogP contribution in [0.1, 0.15) is 27.7 Å². The van der Waals surface area contributed by atoms with Crippen molar-refractivity contribution in [3.05, 3.63) is 0 Å². The average Bonchev–Trinajstić information content (AvgIpc) is 2.91. The van der Waals surface area contributed by atoms with Gasteiger partial charge in [0, 0.05) is 29.6 Å². The molecular formula is C26H48O12. The molecule has 3 saturated heterocycles. The molecule has 7 N–H and O–H groups in total. The van der Waals surface area contributed by atoms with Gasteiger partial charge in [0.1, 0.15) is 12.2 Å². The Morgan fingerprint density at radius 2 is 0.895 bits per heavy atom. The molecule has 3 heterocycles. The van der Waals surface area contributed by atoms with Gasteiger partial charge in [-0.1, -0.05) is 20.8 Å². The van der Waals surface area contributed by atoms with Crippen LogP contribution in [-0.4, -0.2) is 143 Å². The monoisotopic (exact) mass is 552 g/mol. The molecule has 0 amide bonds. The highest BCUT2D eigenvalue weighted by molar-refractivity contribution is 4.92. The summed E-state index contributed by atoms with van der Waals surface area (Å²) in [6.07, 6.45) is -7.20. The van der Waals surface area contributed by atoms with Crippen LogP contribution < -0.4 is 0 Å². The van der Waals surface area contributed by atoms with E-state index in [4.69, 9.17) is 23.7 Å². The quantitative estimate of drug-likeness (QED) is 0.148. The van der Waals surface area contributed by atoms with Gasteiger partial charge in [-0.25, -0.2) is 0 Å². The molecule has 6 unspecified atom stereocenters. The molecule has 3 rings (SSSR count). The third-order valence-electron chi connectivity index (χ3n) is 8.91. The van der Waals surface area contributed by atoms with Gasteiger partial charge in [-0.05, 0) is 6.92 Å². The highest BCUT2D eigenvalue weighted by atomic mass is 16.6. The van der Waals surface area contributed by atoms with E-state index in [0.717, 1.165) is 0 Å². The average molecular weight is 553 g/mol. The van der Waals surface area contributed by atoms with Crippen LogP contribution in [-0.2, 0) is 23.7 Å². The summed E-state index contributed by atoms with van der Waals surface area (Å²) in [6, 6.07) is 0. The zero-order valence-corrected chi connectivity index (χ0v) is 22.8. The SMILES string of the molecule is CC1[C@H](COC[C@@H]2C(CO)O[C@@H](COC[C@@H]3C(CO)O[C@@H](C)C(C)[C@@H]3O)C(C)[C@@H]2O)OC(CO)[C@@H](O)[C@H]1O. The van der Waals surface area contributed by atoms with Crippen molar-refractivity contribution in [1.82, 2.24) is 0 Å². The Balaban J connectivity index is 1.50. The van der Waals surface area contributed by atoms with E-state index >= 15 is 0 Å². The van der Waals surface area contributed by atoms with E-state index in [0.29, 0.717) is 0 Å². The van der Waals surface area contributed by atoms with Crippen LogP contribution in [0.15, 0.2) is 0 Å². The molecule has 0 spiro atoms. The minimum absolute atomic E-state index is 0.0680. The molecule has 3 aliphatic heterocycles. The maximum Gasteiger partial charge on any atom is 0.109 e. The number of hydrogen-bond acceptors (Lipinski definition) is 12. The van der Waals surface area contributed by atoms with Crippen molar-refractivity contribution in [2.45, 2.75) is 88.7 Å². The van der Waals surface area contributed by atoms with E-state index in [1.807, 2.05) is 20.8 Å². The second-order valence-electron chi connectivity index (χ2n) is 11.3. The summed E-state index contributed by atoms with van der Waals surface area (Å²) in [5, 5.41) is 71.0. The zero-order chi connectivity index (χ0) is 28.1. The molecule has 224 valence electrons. The first-order valence-corrected chi connectivity index (χ1v) is 13.7. The van der Waals surface area contributed by atoms with Gasteiger partial charge in [-0.3, -0.25) is 0 Å². The Morgan fingerprint density at radius 3 is 1.39 bits per heavy atom. The standard InChI is InChI=1S/C26H48O12/c1-12-15(4)36-18(5-27)16(23(12)30)8-34-10-21-13(2)24(31)17(19(6-28)37-21)9-35-11-22-14(3)25(32)26(33)20(7-29)38-22/h12-33H,5-11H2,1-4H3/t12?,13?,14?,15-,16+,17+,18?,19?,20?,21-,22-,23-,24-,25-,26+/m0/s1. The largest absolute Gasteiger partial charge is 0.394 e. The molecule has 0 saturated carbocycles. The number of rotatable bonds is 11. The minimum atomic E-state index is -1.19. The molecule has 38 heavy (non-hydrogen) atoms. The van der Waals surface area contributed by atoms with Crippen molar-refractivity contribution in [3.8, 4) is 0 Å². The van der Waals surface area contributed by atoms with Crippen molar-refractivity contribution in [2.24, 2.45) is 29.6 Å². The molecule has 15 atom stereocenters. The van der Waals surface area contributed by atoms with E-state index in [1.54, 1.807) is 6.92 Å². The number of aliphatic hydroxyl groups excluding tert-OH is 7.